The van der Waals surface area contributed by atoms with Crippen molar-refractivity contribution in [2.45, 2.75) is 31.7 Å². The number of hydrogen-bond donors (Lipinski definition) is 1. The first-order valence-corrected chi connectivity index (χ1v) is 6.58. The summed E-state index contributed by atoms with van der Waals surface area (Å²) in [4.78, 5) is 0. The van der Waals surface area contributed by atoms with Crippen LogP contribution in [-0.4, -0.2) is 7.05 Å². The molecule has 1 heterocycles. The molecule has 0 aliphatic heterocycles. The molecule has 0 spiro atoms. The van der Waals surface area contributed by atoms with E-state index in [0.717, 1.165) is 12.2 Å². The van der Waals surface area contributed by atoms with Gasteiger partial charge in [-0.1, -0.05) is 24.3 Å². The van der Waals surface area contributed by atoms with Gasteiger partial charge in [0.15, 0.2) is 0 Å². The highest BCUT2D eigenvalue weighted by Gasteiger charge is 2.28. The number of fused-ring (bicyclic) bond motifs is 1. The van der Waals surface area contributed by atoms with Crippen LogP contribution in [0.15, 0.2) is 41.0 Å². The van der Waals surface area contributed by atoms with E-state index in [4.69, 9.17) is 4.42 Å². The van der Waals surface area contributed by atoms with Gasteiger partial charge in [0.1, 0.15) is 5.76 Å². The van der Waals surface area contributed by atoms with Crippen molar-refractivity contribution in [1.82, 2.24) is 5.32 Å². The van der Waals surface area contributed by atoms with Gasteiger partial charge in [0.05, 0.1) is 6.26 Å². The standard InChI is InChI=1S/C16H19NO/c1-11-14(7-8-18-11)16(17-2)10-13-9-12-5-3-4-6-15(12)13/h3-8,13,16-17H,9-10H2,1-2H3. The van der Waals surface area contributed by atoms with E-state index in [2.05, 4.69) is 35.6 Å². The summed E-state index contributed by atoms with van der Waals surface area (Å²) < 4.78 is 5.41. The third-order valence-electron chi connectivity index (χ3n) is 4.10. The van der Waals surface area contributed by atoms with Crippen LogP contribution in [0.3, 0.4) is 0 Å². The molecule has 1 N–H and O–H groups in total. The zero-order valence-electron chi connectivity index (χ0n) is 10.9. The second-order valence-corrected chi connectivity index (χ2v) is 5.11. The molecule has 0 bridgehead atoms. The molecule has 2 aromatic rings. The van der Waals surface area contributed by atoms with E-state index < -0.39 is 0 Å². The molecule has 0 saturated heterocycles. The monoisotopic (exact) mass is 241 g/mol. The Bertz CT molecular complexity index is 544. The molecule has 2 atom stereocenters. The summed E-state index contributed by atoms with van der Waals surface area (Å²) >= 11 is 0. The van der Waals surface area contributed by atoms with Crippen LogP contribution >= 0.6 is 0 Å². The summed E-state index contributed by atoms with van der Waals surface area (Å²) in [6, 6.07) is 11.2. The van der Waals surface area contributed by atoms with Crippen LogP contribution in [-0.2, 0) is 6.42 Å². The molecule has 3 rings (SSSR count). The van der Waals surface area contributed by atoms with Crippen molar-refractivity contribution in [3.8, 4) is 0 Å². The van der Waals surface area contributed by atoms with Crippen molar-refractivity contribution in [3.05, 3.63) is 59.0 Å². The summed E-state index contributed by atoms with van der Waals surface area (Å²) in [5.41, 5.74) is 4.34. The van der Waals surface area contributed by atoms with Crippen LogP contribution in [0.5, 0.6) is 0 Å². The highest BCUT2D eigenvalue weighted by molar-refractivity contribution is 5.40. The summed E-state index contributed by atoms with van der Waals surface area (Å²) in [7, 11) is 2.03. The van der Waals surface area contributed by atoms with Crippen molar-refractivity contribution < 1.29 is 4.42 Å². The van der Waals surface area contributed by atoms with Gasteiger partial charge >= 0.3 is 0 Å². The summed E-state index contributed by atoms with van der Waals surface area (Å²) in [6.45, 7) is 2.04. The van der Waals surface area contributed by atoms with Crippen LogP contribution < -0.4 is 5.32 Å². The largest absolute Gasteiger partial charge is 0.469 e. The van der Waals surface area contributed by atoms with E-state index in [1.54, 1.807) is 6.26 Å². The molecule has 0 fully saturated rings. The Morgan fingerprint density at radius 3 is 2.83 bits per heavy atom. The lowest BCUT2D eigenvalue weighted by Crippen LogP contribution is -2.25. The Labute approximate surface area is 108 Å². The molecular formula is C16H19NO. The Balaban J connectivity index is 1.76. The van der Waals surface area contributed by atoms with Crippen LogP contribution in [0.1, 0.15) is 40.8 Å². The Kier molecular flexibility index (Phi) is 2.96. The quantitative estimate of drug-likeness (QED) is 0.885. The first-order chi connectivity index (χ1) is 8.79. The fourth-order valence-electron chi connectivity index (χ4n) is 3.01. The maximum absolute atomic E-state index is 5.41. The fraction of sp³-hybridized carbons (Fsp3) is 0.375. The first-order valence-electron chi connectivity index (χ1n) is 6.58. The van der Waals surface area contributed by atoms with Crippen LogP contribution in [0.2, 0.25) is 0 Å². The zero-order chi connectivity index (χ0) is 12.5. The van der Waals surface area contributed by atoms with E-state index in [0.29, 0.717) is 12.0 Å². The Hall–Kier alpha value is -1.54. The predicted octanol–water partition coefficient (Wildman–Crippen LogP) is 3.58. The number of aryl methyl sites for hydroxylation is 1. The van der Waals surface area contributed by atoms with Gasteiger partial charge in [0.25, 0.3) is 0 Å². The molecule has 94 valence electrons. The highest BCUT2D eigenvalue weighted by atomic mass is 16.3. The molecule has 1 aliphatic rings. The van der Waals surface area contributed by atoms with E-state index >= 15 is 0 Å². The van der Waals surface area contributed by atoms with E-state index in [1.165, 1.54) is 23.1 Å². The molecule has 1 aromatic heterocycles. The SMILES string of the molecule is CNC(CC1Cc2ccccc21)c1ccoc1C. The van der Waals surface area contributed by atoms with Crippen LogP contribution in [0, 0.1) is 6.92 Å². The van der Waals surface area contributed by atoms with Gasteiger partial charge in [0.2, 0.25) is 0 Å². The zero-order valence-corrected chi connectivity index (χ0v) is 10.9. The van der Waals surface area contributed by atoms with Gasteiger partial charge in [-0.2, -0.15) is 0 Å². The van der Waals surface area contributed by atoms with Crippen LogP contribution in [0.25, 0.3) is 0 Å². The van der Waals surface area contributed by atoms with Gasteiger partial charge in [-0.3, -0.25) is 0 Å². The number of nitrogens with one attached hydrogen (secondary N) is 1. The topological polar surface area (TPSA) is 25.2 Å². The second kappa shape index (κ2) is 4.62. The minimum atomic E-state index is 0.391. The maximum atomic E-state index is 5.41. The Morgan fingerprint density at radius 1 is 1.33 bits per heavy atom. The van der Waals surface area contributed by atoms with Crippen molar-refractivity contribution in [3.63, 3.8) is 0 Å². The molecule has 1 aromatic carbocycles. The molecule has 2 unspecified atom stereocenters. The van der Waals surface area contributed by atoms with Gasteiger partial charge < -0.3 is 9.73 Å². The number of rotatable bonds is 4. The molecule has 0 saturated carbocycles. The normalized spacial score (nSPS) is 19.1. The third kappa shape index (κ3) is 1.87. The second-order valence-electron chi connectivity index (χ2n) is 5.11. The average molecular weight is 241 g/mol. The molecule has 0 amide bonds. The number of hydrogen-bond acceptors (Lipinski definition) is 2. The Morgan fingerprint density at radius 2 is 2.17 bits per heavy atom. The van der Waals surface area contributed by atoms with Crippen molar-refractivity contribution in [2.24, 2.45) is 0 Å². The van der Waals surface area contributed by atoms with Crippen molar-refractivity contribution in [2.75, 3.05) is 7.05 Å². The van der Waals surface area contributed by atoms with Gasteiger partial charge in [0, 0.05) is 11.6 Å². The number of benzene rings is 1. The summed E-state index contributed by atoms with van der Waals surface area (Å²) in [6.07, 6.45) is 4.14. The summed E-state index contributed by atoms with van der Waals surface area (Å²) in [5, 5.41) is 3.42. The van der Waals surface area contributed by atoms with E-state index in [9.17, 15) is 0 Å². The molecule has 18 heavy (non-hydrogen) atoms. The molecule has 0 radical (unpaired) electrons. The third-order valence-corrected chi connectivity index (χ3v) is 4.10. The minimum absolute atomic E-state index is 0.391. The van der Waals surface area contributed by atoms with Gasteiger partial charge in [-0.25, -0.2) is 0 Å². The average Bonchev–Trinajstić information content (AvgIpc) is 2.77. The highest BCUT2D eigenvalue weighted by Crippen LogP contribution is 2.41. The predicted molar refractivity (Wildman–Crippen MR) is 72.7 cm³/mol. The summed E-state index contributed by atoms with van der Waals surface area (Å²) in [5.74, 6) is 1.72. The maximum Gasteiger partial charge on any atom is 0.105 e. The minimum Gasteiger partial charge on any atom is -0.469 e. The van der Waals surface area contributed by atoms with Crippen molar-refractivity contribution in [1.29, 1.82) is 0 Å². The molecule has 2 heteroatoms. The first kappa shape index (κ1) is 11.5. The smallest absolute Gasteiger partial charge is 0.105 e. The van der Waals surface area contributed by atoms with Gasteiger partial charge in [-0.05, 0) is 49.9 Å². The van der Waals surface area contributed by atoms with Crippen molar-refractivity contribution >= 4 is 0 Å². The van der Waals surface area contributed by atoms with Crippen LogP contribution in [0.4, 0.5) is 0 Å². The van der Waals surface area contributed by atoms with E-state index in [1.807, 2.05) is 14.0 Å². The lowest BCUT2D eigenvalue weighted by atomic mass is 9.74. The number of furan rings is 1. The fourth-order valence-corrected chi connectivity index (χ4v) is 3.01. The molecular weight excluding hydrogens is 222 g/mol. The van der Waals surface area contributed by atoms with Gasteiger partial charge in [-0.15, -0.1) is 0 Å². The molecule has 1 aliphatic carbocycles. The lowest BCUT2D eigenvalue weighted by Gasteiger charge is -2.33. The lowest BCUT2D eigenvalue weighted by molar-refractivity contribution is 0.442. The van der Waals surface area contributed by atoms with E-state index in [-0.39, 0.29) is 0 Å². The molecule has 2 nitrogen and oxygen atoms in total.